The number of amides is 1. The van der Waals surface area contributed by atoms with Crippen molar-refractivity contribution in [2.75, 3.05) is 13.1 Å². The Morgan fingerprint density at radius 2 is 2.00 bits per heavy atom. The predicted octanol–water partition coefficient (Wildman–Crippen LogP) is 5.83. The molecule has 0 spiro atoms. The maximum Gasteiger partial charge on any atom is 0.255 e. The number of halogens is 1. The van der Waals surface area contributed by atoms with Crippen molar-refractivity contribution in [1.82, 2.24) is 34.3 Å². The monoisotopic (exact) mass is 578 g/mol. The number of piperidine rings is 1. The van der Waals surface area contributed by atoms with E-state index >= 15 is 0 Å². The molecule has 0 unspecified atom stereocenters. The van der Waals surface area contributed by atoms with Gasteiger partial charge in [-0.2, -0.15) is 10.2 Å². The molecule has 1 aromatic carbocycles. The van der Waals surface area contributed by atoms with Gasteiger partial charge in [0.1, 0.15) is 11.3 Å². The van der Waals surface area contributed by atoms with E-state index < -0.39 is 0 Å². The maximum absolute atomic E-state index is 13.4. The fraction of sp³-hybridized carbons (Fsp3) is 0.312. The van der Waals surface area contributed by atoms with E-state index in [2.05, 4.69) is 45.1 Å². The molecule has 2 fully saturated rings. The molecule has 1 saturated heterocycles. The first kappa shape index (κ1) is 25.5. The van der Waals surface area contributed by atoms with Gasteiger partial charge >= 0.3 is 0 Å². The van der Waals surface area contributed by atoms with Gasteiger partial charge in [-0.05, 0) is 74.9 Å². The summed E-state index contributed by atoms with van der Waals surface area (Å²) in [6, 6.07) is 14.4. The van der Waals surface area contributed by atoms with Gasteiger partial charge in [-0.15, -0.1) is 0 Å². The molecule has 1 saturated carbocycles. The van der Waals surface area contributed by atoms with Gasteiger partial charge < -0.3 is 15.2 Å². The van der Waals surface area contributed by atoms with Crippen LogP contribution in [0.25, 0.3) is 50.1 Å². The van der Waals surface area contributed by atoms with Crippen LogP contribution in [0.5, 0.6) is 0 Å². The highest BCUT2D eigenvalue weighted by Gasteiger charge is 2.28. The molecule has 42 heavy (non-hydrogen) atoms. The molecule has 0 bridgehead atoms. The van der Waals surface area contributed by atoms with Crippen molar-refractivity contribution >= 4 is 45.0 Å². The second kappa shape index (κ2) is 9.68. The van der Waals surface area contributed by atoms with Crippen LogP contribution in [0, 0.1) is 12.8 Å². The number of aryl methyl sites for hydroxylation is 1. The minimum Gasteiger partial charge on any atom is -0.337 e. The van der Waals surface area contributed by atoms with E-state index in [1.807, 2.05) is 24.1 Å². The number of fused-ring (bicyclic) bond motifs is 3. The maximum atomic E-state index is 13.4. The van der Waals surface area contributed by atoms with E-state index in [1.54, 1.807) is 16.8 Å². The number of carbonyl (C=O) groups excluding carboxylic acids is 1. The van der Waals surface area contributed by atoms with E-state index in [0.29, 0.717) is 29.6 Å². The van der Waals surface area contributed by atoms with Crippen molar-refractivity contribution in [2.45, 2.75) is 45.2 Å². The summed E-state index contributed by atoms with van der Waals surface area (Å²) in [6.45, 7) is 4.20. The molecule has 5 aromatic heterocycles. The molecule has 1 aliphatic heterocycles. The summed E-state index contributed by atoms with van der Waals surface area (Å²) in [5.41, 5.74) is 14.2. The van der Waals surface area contributed by atoms with E-state index in [-0.39, 0.29) is 11.9 Å². The zero-order valence-electron chi connectivity index (χ0n) is 23.3. The van der Waals surface area contributed by atoms with Gasteiger partial charge in [-0.1, -0.05) is 17.7 Å². The molecule has 2 aliphatic rings. The van der Waals surface area contributed by atoms with Crippen LogP contribution in [0.15, 0.2) is 54.9 Å². The number of H-pyrrole nitrogens is 1. The highest BCUT2D eigenvalue weighted by molar-refractivity contribution is 6.34. The molecule has 1 atom stereocenters. The number of hydrogen-bond donors (Lipinski definition) is 2. The van der Waals surface area contributed by atoms with Gasteiger partial charge in [-0.3, -0.25) is 9.89 Å². The number of aromatic amines is 1. The van der Waals surface area contributed by atoms with Crippen LogP contribution in [-0.4, -0.2) is 59.3 Å². The van der Waals surface area contributed by atoms with Gasteiger partial charge in [0.2, 0.25) is 0 Å². The summed E-state index contributed by atoms with van der Waals surface area (Å²) in [5.74, 6) is 0.574. The number of carbonyl (C=O) groups is 1. The smallest absolute Gasteiger partial charge is 0.255 e. The minimum atomic E-state index is -0.0585. The number of rotatable bonds is 5. The molecule has 9 nitrogen and oxygen atoms in total. The Hall–Kier alpha value is -4.21. The first-order valence-corrected chi connectivity index (χ1v) is 15.0. The summed E-state index contributed by atoms with van der Waals surface area (Å²) < 4.78 is 4.08. The van der Waals surface area contributed by atoms with Crippen molar-refractivity contribution in [1.29, 1.82) is 0 Å². The highest BCUT2D eigenvalue weighted by atomic mass is 35.5. The average Bonchev–Trinajstić information content (AvgIpc) is 3.41. The number of aromatic nitrogens is 6. The summed E-state index contributed by atoms with van der Waals surface area (Å²) in [7, 11) is 0. The van der Waals surface area contributed by atoms with Crippen molar-refractivity contribution in [3.8, 4) is 22.6 Å². The minimum absolute atomic E-state index is 0.0107. The summed E-state index contributed by atoms with van der Waals surface area (Å²) in [4.78, 5) is 20.4. The number of likely N-dealkylation sites (tertiary alicyclic amines) is 1. The standard InChI is InChI=1S/C32H31ClN8O/c1-18-29(38-41-16-23(12-25(33)30(18)41)32(42)39-10-2-3-24(34)17-39)28-13-21-7-8-26(36-31(21)40(28)15-19-4-5-19)20-6-9-27-22(11-20)14-35-37-27/h6-9,11-14,16,19,24H,2-5,10,15,17,34H2,1H3,(H,35,37)/t24-/m1/s1. The van der Waals surface area contributed by atoms with Gasteiger partial charge in [0.15, 0.2) is 0 Å². The second-order valence-electron chi connectivity index (χ2n) is 11.9. The lowest BCUT2D eigenvalue weighted by molar-refractivity contribution is 0.0708. The van der Waals surface area contributed by atoms with Crippen molar-refractivity contribution in [3.05, 3.63) is 71.0 Å². The quantitative estimate of drug-likeness (QED) is 0.267. The molecule has 1 aliphatic carbocycles. The van der Waals surface area contributed by atoms with Gasteiger partial charge in [-0.25, -0.2) is 9.50 Å². The number of pyridine rings is 2. The van der Waals surface area contributed by atoms with Crippen LogP contribution in [0.3, 0.4) is 0 Å². The largest absolute Gasteiger partial charge is 0.337 e. The van der Waals surface area contributed by atoms with E-state index in [0.717, 1.165) is 75.0 Å². The number of nitrogens with zero attached hydrogens (tertiary/aromatic N) is 6. The lowest BCUT2D eigenvalue weighted by atomic mass is 10.1. The number of nitrogens with one attached hydrogen (secondary N) is 1. The molecule has 6 aromatic rings. The topological polar surface area (TPSA) is 110 Å². The zero-order chi connectivity index (χ0) is 28.5. The van der Waals surface area contributed by atoms with Gasteiger partial charge in [0, 0.05) is 53.8 Å². The van der Waals surface area contributed by atoms with Crippen LogP contribution >= 0.6 is 11.6 Å². The number of nitrogens with two attached hydrogens (primary N) is 1. The fourth-order valence-electron chi connectivity index (χ4n) is 6.34. The number of benzene rings is 1. The van der Waals surface area contributed by atoms with Crippen LogP contribution < -0.4 is 5.73 Å². The van der Waals surface area contributed by atoms with E-state index in [1.165, 1.54) is 12.8 Å². The molecule has 8 rings (SSSR count). The predicted molar refractivity (Wildman–Crippen MR) is 165 cm³/mol. The highest BCUT2D eigenvalue weighted by Crippen LogP contribution is 2.38. The Labute approximate surface area is 247 Å². The molecule has 6 heterocycles. The number of hydrogen-bond acceptors (Lipinski definition) is 5. The van der Waals surface area contributed by atoms with Crippen molar-refractivity contribution in [2.24, 2.45) is 11.7 Å². The molecule has 1 amide bonds. The van der Waals surface area contributed by atoms with Gasteiger partial charge in [0.25, 0.3) is 5.91 Å². The van der Waals surface area contributed by atoms with Crippen molar-refractivity contribution in [3.63, 3.8) is 0 Å². The van der Waals surface area contributed by atoms with Crippen LogP contribution in [0.2, 0.25) is 5.02 Å². The van der Waals surface area contributed by atoms with Crippen LogP contribution in [0.1, 0.15) is 41.6 Å². The third kappa shape index (κ3) is 4.26. The third-order valence-corrected chi connectivity index (χ3v) is 9.06. The fourth-order valence-corrected chi connectivity index (χ4v) is 6.69. The van der Waals surface area contributed by atoms with Crippen molar-refractivity contribution < 1.29 is 4.79 Å². The first-order valence-electron chi connectivity index (χ1n) is 14.6. The van der Waals surface area contributed by atoms with E-state index in [9.17, 15) is 4.79 Å². The van der Waals surface area contributed by atoms with Crippen LogP contribution in [0.4, 0.5) is 0 Å². The molecular formula is C32H31ClN8O. The second-order valence-corrected chi connectivity index (χ2v) is 12.3. The lowest BCUT2D eigenvalue weighted by Gasteiger charge is -2.30. The lowest BCUT2D eigenvalue weighted by Crippen LogP contribution is -2.45. The molecule has 212 valence electrons. The average molecular weight is 579 g/mol. The summed E-state index contributed by atoms with van der Waals surface area (Å²) >= 11 is 6.83. The zero-order valence-corrected chi connectivity index (χ0v) is 24.1. The Kier molecular flexibility index (Phi) is 5.87. The normalized spacial score (nSPS) is 17.6. The molecular weight excluding hydrogens is 548 g/mol. The first-order chi connectivity index (χ1) is 20.4. The SMILES string of the molecule is Cc1c(-c2cc3ccc(-c4ccc5[nH]ncc5c4)nc3n2CC2CC2)nn2cc(C(=O)N3CCC[C@@H](N)C3)cc(Cl)c12. The Balaban J connectivity index is 1.23. The third-order valence-electron chi connectivity index (χ3n) is 8.77. The molecule has 10 heteroatoms. The Morgan fingerprint density at radius 1 is 1.12 bits per heavy atom. The van der Waals surface area contributed by atoms with Gasteiger partial charge in [0.05, 0.1) is 39.2 Å². The van der Waals surface area contributed by atoms with E-state index in [4.69, 9.17) is 27.4 Å². The molecule has 0 radical (unpaired) electrons. The Morgan fingerprint density at radius 3 is 2.83 bits per heavy atom. The van der Waals surface area contributed by atoms with Crippen LogP contribution in [-0.2, 0) is 6.54 Å². The summed E-state index contributed by atoms with van der Waals surface area (Å²) in [6.07, 6.45) is 7.93. The summed E-state index contributed by atoms with van der Waals surface area (Å²) in [5, 5.41) is 14.8. The Bertz CT molecular complexity index is 2020. The molecule has 3 N–H and O–H groups in total.